The largest absolute Gasteiger partial charge is 0.465 e. The van der Waals surface area contributed by atoms with Crippen LogP contribution in [0.1, 0.15) is 73.9 Å². The Morgan fingerprint density at radius 3 is 2.59 bits per heavy atom. The number of ether oxygens (including phenoxy) is 3. The van der Waals surface area contributed by atoms with E-state index >= 15 is 0 Å². The molecule has 1 heterocycles. The summed E-state index contributed by atoms with van der Waals surface area (Å²) in [7, 11) is 1.25. The van der Waals surface area contributed by atoms with E-state index in [0.717, 1.165) is 30.2 Å². The van der Waals surface area contributed by atoms with Gasteiger partial charge in [-0.25, -0.2) is 23.9 Å². The maximum absolute atomic E-state index is 14.8. The van der Waals surface area contributed by atoms with Crippen LogP contribution in [0.4, 0.5) is 20.8 Å². The second-order valence-corrected chi connectivity index (χ2v) is 11.0. The number of aromatic nitrogens is 2. The third-order valence-corrected chi connectivity index (χ3v) is 6.38. The molecule has 0 spiro atoms. The molecule has 1 aliphatic carbocycles. The summed E-state index contributed by atoms with van der Waals surface area (Å²) in [6.07, 6.45) is 5.08. The minimum Gasteiger partial charge on any atom is -0.465 e. The number of nitrogens with one attached hydrogen (secondary N) is 2. The van der Waals surface area contributed by atoms with E-state index in [1.165, 1.54) is 37.6 Å². The number of halogens is 1. The third kappa shape index (κ3) is 8.97. The van der Waals surface area contributed by atoms with Crippen LogP contribution in [-0.4, -0.2) is 47.9 Å². The summed E-state index contributed by atoms with van der Waals surface area (Å²) in [6, 6.07) is 11.9. The summed E-state index contributed by atoms with van der Waals surface area (Å²) in [4.78, 5) is 32.2. The molecule has 2 aromatic carbocycles. The minimum absolute atomic E-state index is 0.129. The zero-order valence-electron chi connectivity index (χ0n) is 24.0. The number of carbonyl (C=O) groups excluding carboxylic acids is 2. The molecule has 0 unspecified atom stereocenters. The van der Waals surface area contributed by atoms with Crippen LogP contribution >= 0.6 is 0 Å². The fourth-order valence-corrected chi connectivity index (χ4v) is 4.28. The van der Waals surface area contributed by atoms with E-state index in [9.17, 15) is 14.0 Å². The van der Waals surface area contributed by atoms with Crippen molar-refractivity contribution in [1.82, 2.24) is 15.3 Å². The number of hydrogen-bond donors (Lipinski definition) is 2. The van der Waals surface area contributed by atoms with Crippen molar-refractivity contribution in [3.8, 4) is 11.3 Å². The minimum atomic E-state index is -0.606. The average molecular weight is 565 g/mol. The Hall–Kier alpha value is -4.05. The summed E-state index contributed by atoms with van der Waals surface area (Å²) in [6.45, 7) is 7.08. The van der Waals surface area contributed by atoms with Crippen molar-refractivity contribution < 1.29 is 28.2 Å². The summed E-state index contributed by atoms with van der Waals surface area (Å²) in [5.74, 6) is -0.310. The van der Waals surface area contributed by atoms with Gasteiger partial charge in [-0.05, 0) is 99.9 Å². The number of methoxy groups -OCH3 is 1. The third-order valence-electron chi connectivity index (χ3n) is 6.38. The fourth-order valence-electron chi connectivity index (χ4n) is 4.28. The van der Waals surface area contributed by atoms with E-state index < -0.39 is 23.5 Å². The van der Waals surface area contributed by atoms with E-state index in [1.54, 1.807) is 12.3 Å². The molecule has 0 radical (unpaired) electrons. The highest BCUT2D eigenvalue weighted by atomic mass is 19.1. The van der Waals surface area contributed by atoms with Crippen LogP contribution < -0.4 is 10.6 Å². The number of carbonyl (C=O) groups is 2. The highest BCUT2D eigenvalue weighted by Gasteiger charge is 2.26. The van der Waals surface area contributed by atoms with E-state index in [4.69, 9.17) is 9.47 Å². The molecule has 0 aliphatic heterocycles. The Morgan fingerprint density at radius 2 is 1.88 bits per heavy atom. The zero-order valence-corrected chi connectivity index (χ0v) is 24.0. The Kier molecular flexibility index (Phi) is 9.88. The topological polar surface area (TPSA) is 112 Å². The van der Waals surface area contributed by atoms with Gasteiger partial charge in [-0.3, -0.25) is 0 Å². The van der Waals surface area contributed by atoms with E-state index in [2.05, 4.69) is 31.4 Å². The van der Waals surface area contributed by atoms with Crippen LogP contribution in [-0.2, 0) is 20.8 Å². The Labute approximate surface area is 239 Å². The van der Waals surface area contributed by atoms with Crippen LogP contribution in [0.5, 0.6) is 0 Å². The second kappa shape index (κ2) is 13.5. The van der Waals surface area contributed by atoms with Gasteiger partial charge in [0.1, 0.15) is 11.4 Å². The van der Waals surface area contributed by atoms with Gasteiger partial charge in [-0.15, -0.1) is 0 Å². The van der Waals surface area contributed by atoms with Gasteiger partial charge in [0, 0.05) is 30.6 Å². The lowest BCUT2D eigenvalue weighted by molar-refractivity contribution is 0.0522. The first-order valence-corrected chi connectivity index (χ1v) is 13.8. The van der Waals surface area contributed by atoms with Crippen LogP contribution in [0.3, 0.4) is 0 Å². The first-order chi connectivity index (χ1) is 19.6. The van der Waals surface area contributed by atoms with Gasteiger partial charge in [0.2, 0.25) is 5.95 Å². The molecular formula is C31H37FN4O5. The first kappa shape index (κ1) is 29.9. The Morgan fingerprint density at radius 1 is 1.07 bits per heavy atom. The van der Waals surface area contributed by atoms with Crippen LogP contribution in [0.2, 0.25) is 0 Å². The summed E-state index contributed by atoms with van der Waals surface area (Å²) in [5, 5.41) is 5.98. The monoisotopic (exact) mass is 564 g/mol. The van der Waals surface area contributed by atoms with E-state index in [0.29, 0.717) is 37.3 Å². The van der Waals surface area contributed by atoms with Crippen molar-refractivity contribution in [3.63, 3.8) is 0 Å². The first-order valence-electron chi connectivity index (χ1n) is 13.8. The Bertz CT molecular complexity index is 1370. The molecule has 3 aromatic rings. The number of nitrogens with zero attached hydrogens (tertiary/aromatic N) is 2. The molecule has 41 heavy (non-hydrogen) atoms. The summed E-state index contributed by atoms with van der Waals surface area (Å²) in [5.41, 5.74) is 3.44. The molecule has 0 bridgehead atoms. The van der Waals surface area contributed by atoms with Crippen LogP contribution in [0, 0.1) is 5.82 Å². The van der Waals surface area contributed by atoms with Crippen molar-refractivity contribution >= 4 is 23.7 Å². The maximum Gasteiger partial charge on any atom is 0.407 e. The van der Waals surface area contributed by atoms with Crippen LogP contribution in [0.15, 0.2) is 48.7 Å². The summed E-state index contributed by atoms with van der Waals surface area (Å²) < 4.78 is 30.6. The van der Waals surface area contributed by atoms with Crippen molar-refractivity contribution in [1.29, 1.82) is 0 Å². The van der Waals surface area contributed by atoms with Crippen molar-refractivity contribution in [2.45, 2.75) is 64.6 Å². The molecule has 1 fully saturated rings. The molecule has 218 valence electrons. The van der Waals surface area contributed by atoms with Gasteiger partial charge in [-0.1, -0.05) is 6.07 Å². The number of esters is 1. The van der Waals surface area contributed by atoms with Gasteiger partial charge in [0.15, 0.2) is 0 Å². The van der Waals surface area contributed by atoms with Gasteiger partial charge < -0.3 is 24.8 Å². The molecule has 1 saturated carbocycles. The molecule has 2 N–H and O–H groups in total. The van der Waals surface area contributed by atoms with E-state index in [1.807, 2.05) is 32.9 Å². The molecule has 1 amide bonds. The van der Waals surface area contributed by atoms with Crippen molar-refractivity contribution in [2.24, 2.45) is 0 Å². The number of rotatable bonds is 12. The number of hydrogen-bond acceptors (Lipinski definition) is 8. The predicted octanol–water partition coefficient (Wildman–Crippen LogP) is 6.51. The molecule has 10 heteroatoms. The van der Waals surface area contributed by atoms with Crippen molar-refractivity contribution in [2.75, 3.05) is 25.6 Å². The lowest BCUT2D eigenvalue weighted by atomic mass is 10.0. The number of amides is 1. The molecule has 1 aromatic heterocycles. The smallest absolute Gasteiger partial charge is 0.407 e. The summed E-state index contributed by atoms with van der Waals surface area (Å²) >= 11 is 0. The van der Waals surface area contributed by atoms with Crippen LogP contribution in [0.25, 0.3) is 11.3 Å². The molecule has 0 saturated heterocycles. The van der Waals surface area contributed by atoms with Gasteiger partial charge in [0.25, 0.3) is 0 Å². The standard InChI is InChI=1S/C31H37FN4O5/c1-31(2,3)41-30(38)34-14-5-6-16-40-19-22-17-23(10-12-24(22)20-7-8-20)35-29-33-15-13-27(36-29)25-11-9-21(18-26(25)32)28(37)39-4/h9-13,15,17-18,20H,5-8,14,16,19H2,1-4H3,(H,34,38)(H,33,35,36). The number of unbranched alkanes of at least 4 members (excludes halogenated alkanes) is 1. The zero-order chi connectivity index (χ0) is 29.4. The van der Waals surface area contributed by atoms with Gasteiger partial charge in [0.05, 0.1) is 25.0 Å². The Balaban J connectivity index is 1.34. The SMILES string of the molecule is COC(=O)c1ccc(-c2ccnc(Nc3ccc(C4CC4)c(COCCCCNC(=O)OC(C)(C)C)c3)n2)c(F)c1. The van der Waals surface area contributed by atoms with Crippen molar-refractivity contribution in [3.05, 3.63) is 71.2 Å². The highest BCUT2D eigenvalue weighted by Crippen LogP contribution is 2.42. The number of anilines is 2. The number of benzene rings is 2. The molecule has 4 rings (SSSR count). The van der Waals surface area contributed by atoms with Gasteiger partial charge >= 0.3 is 12.1 Å². The molecule has 0 atom stereocenters. The highest BCUT2D eigenvalue weighted by molar-refractivity contribution is 5.90. The van der Waals surface area contributed by atoms with Gasteiger partial charge in [-0.2, -0.15) is 0 Å². The fraction of sp³-hybridized carbons (Fsp3) is 0.419. The van der Waals surface area contributed by atoms with E-state index in [-0.39, 0.29) is 11.1 Å². The normalized spacial score (nSPS) is 13.0. The quantitative estimate of drug-likeness (QED) is 0.189. The maximum atomic E-state index is 14.8. The lowest BCUT2D eigenvalue weighted by Gasteiger charge is -2.19. The molecular weight excluding hydrogens is 527 g/mol. The second-order valence-electron chi connectivity index (χ2n) is 11.0. The molecule has 9 nitrogen and oxygen atoms in total. The number of alkyl carbamates (subject to hydrolysis) is 1. The molecule has 1 aliphatic rings. The average Bonchev–Trinajstić information content (AvgIpc) is 3.77. The lowest BCUT2D eigenvalue weighted by Crippen LogP contribution is -2.33. The predicted molar refractivity (Wildman–Crippen MR) is 154 cm³/mol.